The van der Waals surface area contributed by atoms with E-state index in [2.05, 4.69) is 29.4 Å². The number of carbonyl (C=O) groups is 2. The summed E-state index contributed by atoms with van der Waals surface area (Å²) in [5.74, 6) is -0.926. The Labute approximate surface area is 164 Å². The van der Waals surface area contributed by atoms with Crippen LogP contribution in [0.4, 0.5) is 4.79 Å². The number of hydrogen-bond acceptors (Lipinski definition) is 4. The molecule has 1 aromatic heterocycles. The molecule has 0 bridgehead atoms. The standard InChI is InChI=1S/C20H27N3O3S/c1-13(2)17(19(24)25)22-20(26)23(4)11-16-12-27-18(21-16)14(3)10-15-8-6-5-7-9-15/h5-9,12-14,17H,10-11H2,1-4H3,(H,22,26)(H,24,25)/t14?,17-/m0/s1. The quantitative estimate of drug-likeness (QED) is 0.720. The van der Waals surface area contributed by atoms with E-state index in [1.165, 1.54) is 10.5 Å². The fourth-order valence-corrected chi connectivity index (χ4v) is 3.62. The van der Waals surface area contributed by atoms with Crippen molar-refractivity contribution in [2.24, 2.45) is 5.92 Å². The monoisotopic (exact) mass is 389 g/mol. The number of thiazole rings is 1. The second-order valence-electron chi connectivity index (χ2n) is 7.13. The van der Waals surface area contributed by atoms with Gasteiger partial charge in [0, 0.05) is 18.3 Å². The van der Waals surface area contributed by atoms with Crippen molar-refractivity contribution in [1.29, 1.82) is 0 Å². The van der Waals surface area contributed by atoms with Crippen molar-refractivity contribution in [1.82, 2.24) is 15.2 Å². The molecule has 2 N–H and O–H groups in total. The van der Waals surface area contributed by atoms with Gasteiger partial charge in [-0.3, -0.25) is 0 Å². The van der Waals surface area contributed by atoms with Crippen LogP contribution in [-0.4, -0.2) is 40.1 Å². The molecular formula is C20H27N3O3S. The molecule has 0 radical (unpaired) electrons. The molecule has 0 aliphatic carbocycles. The molecule has 0 saturated heterocycles. The lowest BCUT2D eigenvalue weighted by atomic mass is 10.0. The zero-order chi connectivity index (χ0) is 20.0. The molecule has 1 unspecified atom stereocenters. The summed E-state index contributed by atoms with van der Waals surface area (Å²) in [4.78, 5) is 29.6. The maximum atomic E-state index is 12.3. The van der Waals surface area contributed by atoms with Gasteiger partial charge < -0.3 is 15.3 Å². The van der Waals surface area contributed by atoms with E-state index in [0.29, 0.717) is 12.5 Å². The summed E-state index contributed by atoms with van der Waals surface area (Å²) in [6.45, 7) is 6.01. The predicted octanol–water partition coefficient (Wildman–Crippen LogP) is 3.74. The third-order valence-corrected chi connectivity index (χ3v) is 5.46. The van der Waals surface area contributed by atoms with Crippen molar-refractivity contribution in [3.63, 3.8) is 0 Å². The van der Waals surface area contributed by atoms with Crippen LogP contribution in [0.5, 0.6) is 0 Å². The summed E-state index contributed by atoms with van der Waals surface area (Å²) in [6.07, 6.45) is 0.915. The van der Waals surface area contributed by atoms with Gasteiger partial charge in [0.15, 0.2) is 0 Å². The zero-order valence-corrected chi connectivity index (χ0v) is 17.0. The Hall–Kier alpha value is -2.41. The molecule has 0 aliphatic heterocycles. The topological polar surface area (TPSA) is 82.5 Å². The van der Waals surface area contributed by atoms with E-state index in [1.54, 1.807) is 32.2 Å². The van der Waals surface area contributed by atoms with Crippen LogP contribution in [0.2, 0.25) is 0 Å². The first-order valence-corrected chi connectivity index (χ1v) is 9.88. The number of nitrogens with zero attached hydrogens (tertiary/aromatic N) is 2. The Bertz CT molecular complexity index is 761. The molecular weight excluding hydrogens is 362 g/mol. The molecule has 2 aromatic rings. The van der Waals surface area contributed by atoms with Gasteiger partial charge in [0.2, 0.25) is 0 Å². The highest BCUT2D eigenvalue weighted by atomic mass is 32.1. The molecule has 2 amide bonds. The van der Waals surface area contributed by atoms with Crippen molar-refractivity contribution >= 4 is 23.3 Å². The van der Waals surface area contributed by atoms with E-state index in [9.17, 15) is 14.7 Å². The van der Waals surface area contributed by atoms with Crippen LogP contribution in [0.3, 0.4) is 0 Å². The van der Waals surface area contributed by atoms with Crippen molar-refractivity contribution in [2.45, 2.75) is 45.7 Å². The molecule has 7 heteroatoms. The van der Waals surface area contributed by atoms with Crippen molar-refractivity contribution in [3.05, 3.63) is 52.0 Å². The molecule has 2 atom stereocenters. The average molecular weight is 390 g/mol. The number of carboxylic acid groups (broad SMARTS) is 1. The number of aliphatic carboxylic acids is 1. The number of nitrogens with one attached hydrogen (secondary N) is 1. The molecule has 0 fully saturated rings. The van der Waals surface area contributed by atoms with Gasteiger partial charge in [-0.15, -0.1) is 11.3 Å². The molecule has 0 saturated carbocycles. The summed E-state index contributed by atoms with van der Waals surface area (Å²) in [7, 11) is 1.64. The van der Waals surface area contributed by atoms with Crippen molar-refractivity contribution in [3.8, 4) is 0 Å². The summed E-state index contributed by atoms with van der Waals surface area (Å²) in [6, 6.07) is 8.97. The first-order chi connectivity index (χ1) is 12.8. The molecule has 1 heterocycles. The first kappa shape index (κ1) is 20.9. The first-order valence-electron chi connectivity index (χ1n) is 9.00. The molecule has 2 rings (SSSR count). The van der Waals surface area contributed by atoms with E-state index in [1.807, 2.05) is 23.6 Å². The Morgan fingerprint density at radius 1 is 1.22 bits per heavy atom. The summed E-state index contributed by atoms with van der Waals surface area (Å²) >= 11 is 1.59. The lowest BCUT2D eigenvalue weighted by molar-refractivity contribution is -0.140. The Morgan fingerprint density at radius 3 is 2.48 bits per heavy atom. The SMILES string of the molecule is CC(Cc1ccccc1)c1nc(CN(C)C(=O)N[C@H](C(=O)O)C(C)C)cs1. The summed E-state index contributed by atoms with van der Waals surface area (Å²) in [5, 5.41) is 14.8. The van der Waals surface area contributed by atoms with Crippen LogP contribution in [-0.2, 0) is 17.8 Å². The molecule has 0 aliphatic rings. The number of urea groups is 1. The average Bonchev–Trinajstić information content (AvgIpc) is 3.08. The van der Waals surface area contributed by atoms with Crippen molar-refractivity contribution < 1.29 is 14.7 Å². The van der Waals surface area contributed by atoms with Crippen molar-refractivity contribution in [2.75, 3.05) is 7.05 Å². The second kappa shape index (κ2) is 9.50. The fraction of sp³-hybridized carbons (Fsp3) is 0.450. The maximum absolute atomic E-state index is 12.3. The normalized spacial score (nSPS) is 13.2. The predicted molar refractivity (Wildman–Crippen MR) is 107 cm³/mol. The van der Waals surface area contributed by atoms with Crippen LogP contribution in [0.25, 0.3) is 0 Å². The number of carbonyl (C=O) groups excluding carboxylic acids is 1. The molecule has 0 spiro atoms. The molecule has 6 nitrogen and oxygen atoms in total. The smallest absolute Gasteiger partial charge is 0.326 e. The van der Waals surface area contributed by atoms with Gasteiger partial charge in [0.1, 0.15) is 6.04 Å². The van der Waals surface area contributed by atoms with Gasteiger partial charge in [0.25, 0.3) is 0 Å². The second-order valence-corrected chi connectivity index (χ2v) is 8.02. The molecule has 27 heavy (non-hydrogen) atoms. The van der Waals surface area contributed by atoms with Crippen LogP contribution in [0, 0.1) is 5.92 Å². The van der Waals surface area contributed by atoms with Gasteiger partial charge in [-0.25, -0.2) is 14.6 Å². The third-order valence-electron chi connectivity index (χ3n) is 4.33. The van der Waals surface area contributed by atoms with Gasteiger partial charge >= 0.3 is 12.0 Å². The third kappa shape index (κ3) is 6.06. The lowest BCUT2D eigenvalue weighted by Gasteiger charge is -2.22. The molecule has 1 aromatic carbocycles. The minimum atomic E-state index is -1.03. The zero-order valence-electron chi connectivity index (χ0n) is 16.2. The van der Waals surface area contributed by atoms with E-state index in [4.69, 9.17) is 0 Å². The Morgan fingerprint density at radius 2 is 1.89 bits per heavy atom. The van der Waals surface area contributed by atoms with Crippen LogP contribution < -0.4 is 5.32 Å². The van der Waals surface area contributed by atoms with E-state index in [-0.39, 0.29) is 5.92 Å². The van der Waals surface area contributed by atoms with E-state index >= 15 is 0 Å². The highest BCUT2D eigenvalue weighted by molar-refractivity contribution is 7.09. The minimum absolute atomic E-state index is 0.190. The van der Waals surface area contributed by atoms with Gasteiger partial charge in [0.05, 0.1) is 17.2 Å². The Kier molecular flexibility index (Phi) is 7.36. The van der Waals surface area contributed by atoms with Gasteiger partial charge in [-0.05, 0) is 17.9 Å². The van der Waals surface area contributed by atoms with Crippen LogP contribution >= 0.6 is 11.3 Å². The number of carboxylic acids is 1. The van der Waals surface area contributed by atoms with Crippen LogP contribution in [0.15, 0.2) is 35.7 Å². The number of amides is 2. The number of benzene rings is 1. The largest absolute Gasteiger partial charge is 0.480 e. The Balaban J connectivity index is 1.94. The van der Waals surface area contributed by atoms with E-state index < -0.39 is 18.0 Å². The summed E-state index contributed by atoms with van der Waals surface area (Å²) in [5.41, 5.74) is 2.08. The molecule has 146 valence electrons. The van der Waals surface area contributed by atoms with Gasteiger partial charge in [-0.1, -0.05) is 51.1 Å². The van der Waals surface area contributed by atoms with E-state index in [0.717, 1.165) is 17.1 Å². The number of rotatable bonds is 8. The fourth-order valence-electron chi connectivity index (χ4n) is 2.75. The summed E-state index contributed by atoms with van der Waals surface area (Å²) < 4.78 is 0. The number of hydrogen-bond donors (Lipinski definition) is 2. The maximum Gasteiger partial charge on any atom is 0.326 e. The van der Waals surface area contributed by atoms with Gasteiger partial charge in [-0.2, -0.15) is 0 Å². The number of aromatic nitrogens is 1. The lowest BCUT2D eigenvalue weighted by Crippen LogP contribution is -2.48. The minimum Gasteiger partial charge on any atom is -0.480 e. The highest BCUT2D eigenvalue weighted by Gasteiger charge is 2.25. The van der Waals surface area contributed by atoms with Crippen LogP contribution in [0.1, 0.15) is 43.0 Å². The highest BCUT2D eigenvalue weighted by Crippen LogP contribution is 2.24.